The molecule has 0 spiro atoms. The molecule has 0 bridgehead atoms. The second-order valence-corrected chi connectivity index (χ2v) is 9.55. The van der Waals surface area contributed by atoms with Crippen LogP contribution in [0.5, 0.6) is 0 Å². The average molecular weight is 427 g/mol. The van der Waals surface area contributed by atoms with Gasteiger partial charge in [-0.2, -0.15) is 0 Å². The van der Waals surface area contributed by atoms with Crippen LogP contribution in [0.1, 0.15) is 41.8 Å². The maximum Gasteiger partial charge on any atom is 0.262 e. The summed E-state index contributed by atoms with van der Waals surface area (Å²) in [6, 6.07) is 7.39. The second kappa shape index (κ2) is 7.76. The van der Waals surface area contributed by atoms with Crippen LogP contribution >= 0.6 is 23.1 Å². The molecule has 3 aromatic heterocycles. The topological polar surface area (TPSA) is 80.6 Å². The van der Waals surface area contributed by atoms with Crippen molar-refractivity contribution in [1.29, 1.82) is 0 Å². The predicted molar refractivity (Wildman–Crippen MR) is 120 cm³/mol. The van der Waals surface area contributed by atoms with Crippen molar-refractivity contribution < 1.29 is 0 Å². The third kappa shape index (κ3) is 3.51. The van der Waals surface area contributed by atoms with Crippen LogP contribution < -0.4 is 11.1 Å². The van der Waals surface area contributed by atoms with Crippen LogP contribution in [0.2, 0.25) is 0 Å². The minimum Gasteiger partial charge on any atom is -0.309 e. The molecule has 0 saturated carbocycles. The van der Waals surface area contributed by atoms with Crippen molar-refractivity contribution in [3.63, 3.8) is 0 Å². The van der Waals surface area contributed by atoms with Gasteiger partial charge in [0.05, 0.1) is 21.5 Å². The molecule has 6 nitrogen and oxygen atoms in total. The van der Waals surface area contributed by atoms with Crippen molar-refractivity contribution in [1.82, 2.24) is 19.5 Å². The van der Waals surface area contributed by atoms with E-state index in [2.05, 4.69) is 4.98 Å². The Hall–Kier alpha value is -2.45. The van der Waals surface area contributed by atoms with E-state index in [1.54, 1.807) is 4.57 Å². The van der Waals surface area contributed by atoms with Crippen LogP contribution in [0.25, 0.3) is 21.1 Å². The normalized spacial score (nSPS) is 12.7. The smallest absolute Gasteiger partial charge is 0.262 e. The summed E-state index contributed by atoms with van der Waals surface area (Å²) in [4.78, 5) is 39.8. The molecule has 4 aromatic rings. The Balaban J connectivity index is 1.78. The van der Waals surface area contributed by atoms with Gasteiger partial charge in [0.15, 0.2) is 5.16 Å². The van der Waals surface area contributed by atoms with Crippen molar-refractivity contribution in [2.24, 2.45) is 0 Å². The number of aromatic nitrogens is 4. The van der Waals surface area contributed by atoms with Crippen LogP contribution in [0.15, 0.2) is 39.0 Å². The highest BCUT2D eigenvalue weighted by Gasteiger charge is 2.19. The highest BCUT2D eigenvalue weighted by molar-refractivity contribution is 7.99. The number of benzene rings is 1. The van der Waals surface area contributed by atoms with Gasteiger partial charge >= 0.3 is 0 Å². The van der Waals surface area contributed by atoms with E-state index in [1.165, 1.54) is 23.1 Å². The summed E-state index contributed by atoms with van der Waals surface area (Å²) in [5, 5.41) is 1.77. The number of thioether (sulfide) groups is 1. The molecule has 1 N–H and O–H groups in total. The number of rotatable bonds is 5. The third-order valence-corrected chi connectivity index (χ3v) is 7.20. The molecule has 0 radical (unpaired) electrons. The molecule has 0 aliphatic heterocycles. The van der Waals surface area contributed by atoms with E-state index in [-0.39, 0.29) is 16.4 Å². The van der Waals surface area contributed by atoms with Gasteiger partial charge in [0.2, 0.25) is 0 Å². The molecule has 29 heavy (non-hydrogen) atoms. The zero-order valence-corrected chi connectivity index (χ0v) is 18.4. The number of nitrogens with zero attached hydrogens (tertiary/aromatic N) is 3. The van der Waals surface area contributed by atoms with E-state index < -0.39 is 0 Å². The lowest BCUT2D eigenvalue weighted by Gasteiger charge is -2.15. The fourth-order valence-electron chi connectivity index (χ4n) is 3.34. The van der Waals surface area contributed by atoms with Gasteiger partial charge in [-0.1, -0.05) is 30.8 Å². The summed E-state index contributed by atoms with van der Waals surface area (Å²) in [5.41, 5.74) is 1.52. The summed E-state index contributed by atoms with van der Waals surface area (Å²) in [7, 11) is 0. The van der Waals surface area contributed by atoms with Gasteiger partial charge in [-0.25, -0.2) is 9.97 Å². The Morgan fingerprint density at radius 2 is 1.97 bits per heavy atom. The molecule has 1 aromatic carbocycles. The molecule has 0 amide bonds. The molecule has 8 heteroatoms. The Kier molecular flexibility index (Phi) is 5.31. The number of thiophene rings is 1. The van der Waals surface area contributed by atoms with E-state index in [4.69, 9.17) is 9.97 Å². The monoisotopic (exact) mass is 426 g/mol. The number of hydrogen-bond donors (Lipinski definition) is 1. The average Bonchev–Trinajstić information content (AvgIpc) is 2.99. The maximum atomic E-state index is 13.0. The van der Waals surface area contributed by atoms with E-state index in [9.17, 15) is 9.59 Å². The van der Waals surface area contributed by atoms with Crippen LogP contribution in [-0.4, -0.2) is 19.5 Å². The van der Waals surface area contributed by atoms with Gasteiger partial charge in [0.25, 0.3) is 11.1 Å². The SMILES string of the molecule is CCCn1c(SC(C)c2nc3sc(C)c(C)c3c(=O)[nH]2)nc2ccccc2c1=O. The predicted octanol–water partition coefficient (Wildman–Crippen LogP) is 4.57. The Morgan fingerprint density at radius 1 is 1.21 bits per heavy atom. The fraction of sp³-hybridized carbons (Fsp3) is 0.333. The highest BCUT2D eigenvalue weighted by atomic mass is 32.2. The third-order valence-electron chi connectivity index (χ3n) is 5.00. The van der Waals surface area contributed by atoms with Gasteiger partial charge in [-0.15, -0.1) is 11.3 Å². The molecule has 1 unspecified atom stereocenters. The number of aromatic amines is 1. The van der Waals surface area contributed by atoms with Crippen LogP contribution in [0.4, 0.5) is 0 Å². The summed E-state index contributed by atoms with van der Waals surface area (Å²) >= 11 is 2.98. The molecule has 150 valence electrons. The zero-order valence-electron chi connectivity index (χ0n) is 16.8. The Bertz CT molecular complexity index is 1340. The van der Waals surface area contributed by atoms with Crippen molar-refractivity contribution >= 4 is 44.2 Å². The quantitative estimate of drug-likeness (QED) is 0.373. The van der Waals surface area contributed by atoms with Gasteiger partial charge in [0, 0.05) is 11.4 Å². The van der Waals surface area contributed by atoms with E-state index >= 15 is 0 Å². The lowest BCUT2D eigenvalue weighted by Crippen LogP contribution is -2.23. The molecule has 1 atom stereocenters. The summed E-state index contributed by atoms with van der Waals surface area (Å²) in [6.07, 6.45) is 0.830. The van der Waals surface area contributed by atoms with Crippen molar-refractivity contribution in [3.8, 4) is 0 Å². The van der Waals surface area contributed by atoms with E-state index in [0.29, 0.717) is 33.8 Å². The number of para-hydroxylation sites is 1. The molecule has 0 aliphatic rings. The van der Waals surface area contributed by atoms with Crippen LogP contribution in [0, 0.1) is 13.8 Å². The lowest BCUT2D eigenvalue weighted by molar-refractivity contribution is 0.583. The highest BCUT2D eigenvalue weighted by Crippen LogP contribution is 2.33. The molecule has 0 fully saturated rings. The summed E-state index contributed by atoms with van der Waals surface area (Å²) in [5.74, 6) is 0.596. The number of H-pyrrole nitrogens is 1. The summed E-state index contributed by atoms with van der Waals surface area (Å²) < 4.78 is 1.72. The van der Waals surface area contributed by atoms with Crippen LogP contribution in [-0.2, 0) is 6.54 Å². The Morgan fingerprint density at radius 3 is 2.72 bits per heavy atom. The molecule has 4 rings (SSSR count). The van der Waals surface area contributed by atoms with Crippen molar-refractivity contribution in [2.45, 2.75) is 51.1 Å². The molecule has 3 heterocycles. The lowest BCUT2D eigenvalue weighted by atomic mass is 10.2. The Labute approximate surface area is 176 Å². The first-order chi connectivity index (χ1) is 13.9. The maximum absolute atomic E-state index is 13.0. The van der Waals surface area contributed by atoms with Crippen molar-refractivity contribution in [2.75, 3.05) is 0 Å². The zero-order chi connectivity index (χ0) is 20.7. The number of aryl methyl sites for hydroxylation is 2. The molecule has 0 saturated heterocycles. The van der Waals surface area contributed by atoms with Gasteiger partial charge in [-0.3, -0.25) is 14.2 Å². The minimum atomic E-state index is -0.161. The molecule has 0 aliphatic carbocycles. The summed E-state index contributed by atoms with van der Waals surface area (Å²) in [6.45, 7) is 8.55. The number of nitrogens with one attached hydrogen (secondary N) is 1. The standard InChI is InChI=1S/C21H22N4O2S2/c1-5-10-25-20(27)14-8-6-7-9-15(14)22-21(25)29-13(4)17-23-18(26)16-11(2)12(3)28-19(16)24-17/h6-9,13H,5,10H2,1-4H3,(H,23,24,26). The van der Waals surface area contributed by atoms with Gasteiger partial charge < -0.3 is 4.98 Å². The minimum absolute atomic E-state index is 0.0337. The number of fused-ring (bicyclic) bond motifs is 2. The van der Waals surface area contributed by atoms with Crippen LogP contribution in [0.3, 0.4) is 0 Å². The molecular weight excluding hydrogens is 404 g/mol. The molecular formula is C21H22N4O2S2. The van der Waals surface area contributed by atoms with Crippen molar-refractivity contribution in [3.05, 3.63) is 61.2 Å². The van der Waals surface area contributed by atoms with Gasteiger partial charge in [0.1, 0.15) is 10.7 Å². The first kappa shape index (κ1) is 19.8. The van der Waals surface area contributed by atoms with E-state index in [0.717, 1.165) is 21.7 Å². The van der Waals surface area contributed by atoms with E-state index in [1.807, 2.05) is 52.0 Å². The first-order valence-corrected chi connectivity index (χ1v) is 11.3. The second-order valence-electron chi connectivity index (χ2n) is 7.04. The van der Waals surface area contributed by atoms with Gasteiger partial charge in [-0.05, 0) is 44.9 Å². The first-order valence-electron chi connectivity index (χ1n) is 9.56. The fourth-order valence-corrected chi connectivity index (χ4v) is 5.37. The largest absolute Gasteiger partial charge is 0.309 e. The number of hydrogen-bond acceptors (Lipinski definition) is 6.